The first-order valence-electron chi connectivity index (χ1n) is 12.0. The van der Waals surface area contributed by atoms with Crippen molar-refractivity contribution in [3.05, 3.63) is 54.4 Å². The van der Waals surface area contributed by atoms with E-state index in [2.05, 4.69) is 61.4 Å². The summed E-state index contributed by atoms with van der Waals surface area (Å²) in [4.78, 5) is 9.37. The van der Waals surface area contributed by atoms with Crippen LogP contribution in [0.4, 0.5) is 5.69 Å². The summed E-state index contributed by atoms with van der Waals surface area (Å²) in [6.45, 7) is 3.73. The van der Waals surface area contributed by atoms with Gasteiger partial charge in [-0.05, 0) is 37.4 Å². The third-order valence-electron chi connectivity index (χ3n) is 7.39. The highest BCUT2D eigenvalue weighted by molar-refractivity contribution is 5.98. The first kappa shape index (κ1) is 20.9. The Morgan fingerprint density at radius 3 is 2.89 bits per heavy atom. The summed E-state index contributed by atoms with van der Waals surface area (Å²) in [5, 5.41) is 22.9. The second-order valence-electron chi connectivity index (χ2n) is 9.63. The molecular formula is C27H24N8O. The van der Waals surface area contributed by atoms with Crippen molar-refractivity contribution in [2.75, 3.05) is 38.2 Å². The Kier molecular flexibility index (Phi) is 4.53. The lowest BCUT2D eigenvalue weighted by molar-refractivity contribution is 0.188. The lowest BCUT2D eigenvalue weighted by atomic mass is 9.97. The third kappa shape index (κ3) is 3.15. The number of anilines is 1. The van der Waals surface area contributed by atoms with Crippen molar-refractivity contribution in [1.29, 1.82) is 5.26 Å². The molecule has 2 aromatic carbocycles. The SMILES string of the molecule is CN1CCN2c3ccc(-c4n[nH]c5cc(C#N)c(-c6cnc7cnn(C)c7c6)cc45)cc3OCC2C1. The van der Waals surface area contributed by atoms with Gasteiger partial charge in [0.25, 0.3) is 0 Å². The van der Waals surface area contributed by atoms with Crippen molar-refractivity contribution in [1.82, 2.24) is 29.9 Å². The molecule has 1 atom stereocenters. The number of likely N-dealkylation sites (N-methyl/N-ethyl adjacent to an activating group) is 1. The van der Waals surface area contributed by atoms with Gasteiger partial charge in [-0.25, -0.2) is 0 Å². The number of hydrogen-bond acceptors (Lipinski definition) is 7. The standard InChI is InChI=1S/C27H24N8O/c1-33-5-6-35-19(14-33)15-36-26-9-16(3-4-24(26)35)27-21-10-20(17(11-28)7-22(21)31-32-27)18-8-25-23(29-12-18)13-30-34(25)2/h3-4,7-10,12-13,19H,5-6,14-15H2,1-2H3,(H,31,32). The molecule has 1 fully saturated rings. The minimum atomic E-state index is 0.380. The molecule has 0 saturated carbocycles. The maximum absolute atomic E-state index is 9.89. The predicted octanol–water partition coefficient (Wildman–Crippen LogP) is 3.56. The quantitative estimate of drug-likeness (QED) is 0.416. The van der Waals surface area contributed by atoms with Crippen LogP contribution in [0.1, 0.15) is 5.56 Å². The van der Waals surface area contributed by atoms with Crippen molar-refractivity contribution in [3.63, 3.8) is 0 Å². The molecule has 5 heterocycles. The van der Waals surface area contributed by atoms with E-state index >= 15 is 0 Å². The summed E-state index contributed by atoms with van der Waals surface area (Å²) < 4.78 is 7.99. The molecule has 5 aromatic rings. The number of nitrogens with one attached hydrogen (secondary N) is 1. The molecule has 1 unspecified atom stereocenters. The first-order valence-corrected chi connectivity index (χ1v) is 12.0. The van der Waals surface area contributed by atoms with E-state index < -0.39 is 0 Å². The fraction of sp³-hybridized carbons (Fsp3) is 0.259. The number of rotatable bonds is 2. The van der Waals surface area contributed by atoms with Crippen LogP contribution in [0.2, 0.25) is 0 Å². The van der Waals surface area contributed by atoms with Gasteiger partial charge in [-0.1, -0.05) is 6.07 Å². The number of H-pyrrole nitrogens is 1. The van der Waals surface area contributed by atoms with E-state index in [1.54, 1.807) is 17.1 Å². The molecule has 3 aromatic heterocycles. The lowest BCUT2D eigenvalue weighted by Gasteiger charge is -2.44. The summed E-state index contributed by atoms with van der Waals surface area (Å²) in [7, 11) is 4.05. The number of piperazine rings is 1. The molecule has 0 aliphatic carbocycles. The molecule has 7 rings (SSSR count). The molecule has 178 valence electrons. The summed E-state index contributed by atoms with van der Waals surface area (Å²) in [5.74, 6) is 0.893. The summed E-state index contributed by atoms with van der Waals surface area (Å²) >= 11 is 0. The molecule has 1 N–H and O–H groups in total. The van der Waals surface area contributed by atoms with Gasteiger partial charge >= 0.3 is 0 Å². The predicted molar refractivity (Wildman–Crippen MR) is 138 cm³/mol. The average molecular weight is 477 g/mol. The Hall–Kier alpha value is -4.42. The molecule has 36 heavy (non-hydrogen) atoms. The number of aryl methyl sites for hydroxylation is 1. The Morgan fingerprint density at radius 2 is 2.00 bits per heavy atom. The third-order valence-corrected chi connectivity index (χ3v) is 7.39. The second kappa shape index (κ2) is 7.80. The number of hydrogen-bond donors (Lipinski definition) is 1. The van der Waals surface area contributed by atoms with Crippen LogP contribution in [0.25, 0.3) is 44.3 Å². The molecule has 0 radical (unpaired) electrons. The van der Waals surface area contributed by atoms with Crippen molar-refractivity contribution in [3.8, 4) is 34.2 Å². The van der Waals surface area contributed by atoms with Crippen molar-refractivity contribution < 1.29 is 4.74 Å². The van der Waals surface area contributed by atoms with E-state index in [0.717, 1.165) is 75.4 Å². The van der Waals surface area contributed by atoms with Gasteiger partial charge in [0.1, 0.15) is 23.6 Å². The van der Waals surface area contributed by atoms with Gasteiger partial charge in [-0.3, -0.25) is 14.8 Å². The van der Waals surface area contributed by atoms with Crippen LogP contribution in [0.5, 0.6) is 5.75 Å². The van der Waals surface area contributed by atoms with E-state index in [9.17, 15) is 5.26 Å². The largest absolute Gasteiger partial charge is 0.489 e. The lowest BCUT2D eigenvalue weighted by Crippen LogP contribution is -2.56. The maximum Gasteiger partial charge on any atom is 0.143 e. The zero-order valence-corrected chi connectivity index (χ0v) is 20.1. The number of ether oxygens (including phenoxy) is 1. The van der Waals surface area contributed by atoms with E-state index in [4.69, 9.17) is 4.74 Å². The molecule has 2 aliphatic rings. The second-order valence-corrected chi connectivity index (χ2v) is 9.63. The summed E-state index contributed by atoms with van der Waals surface area (Å²) in [6, 6.07) is 15.0. The monoisotopic (exact) mass is 476 g/mol. The van der Waals surface area contributed by atoms with Crippen molar-refractivity contribution in [2.24, 2.45) is 7.05 Å². The number of fused-ring (bicyclic) bond motifs is 5. The molecule has 9 heteroatoms. The number of aromatic nitrogens is 5. The molecule has 1 saturated heterocycles. The van der Waals surface area contributed by atoms with Crippen molar-refractivity contribution >= 4 is 27.6 Å². The van der Waals surface area contributed by atoms with Gasteiger partial charge < -0.3 is 14.5 Å². The topological polar surface area (TPSA) is 98.9 Å². The zero-order valence-electron chi connectivity index (χ0n) is 20.1. The molecule has 0 amide bonds. The molecule has 9 nitrogen and oxygen atoms in total. The van der Waals surface area contributed by atoms with Gasteiger partial charge in [0.2, 0.25) is 0 Å². The Balaban J connectivity index is 1.33. The highest BCUT2D eigenvalue weighted by Gasteiger charge is 2.32. The number of nitrogens with zero attached hydrogens (tertiary/aromatic N) is 7. The highest BCUT2D eigenvalue weighted by Crippen LogP contribution is 2.40. The first-order chi connectivity index (χ1) is 17.6. The van der Waals surface area contributed by atoms with Gasteiger partial charge in [0.05, 0.1) is 40.6 Å². The number of benzene rings is 2. The van der Waals surface area contributed by atoms with Crippen LogP contribution in [-0.2, 0) is 7.05 Å². The van der Waals surface area contributed by atoms with E-state index in [1.165, 1.54) is 0 Å². The fourth-order valence-corrected chi connectivity index (χ4v) is 5.46. The summed E-state index contributed by atoms with van der Waals surface area (Å²) in [5.41, 5.74) is 7.75. The zero-order chi connectivity index (χ0) is 24.4. The molecule has 0 bridgehead atoms. The summed E-state index contributed by atoms with van der Waals surface area (Å²) in [6.07, 6.45) is 3.54. The number of aromatic amines is 1. The number of nitriles is 1. The van der Waals surface area contributed by atoms with Gasteiger partial charge in [-0.2, -0.15) is 15.5 Å². The number of pyridine rings is 1. The normalized spacial score (nSPS) is 17.6. The van der Waals surface area contributed by atoms with Gasteiger partial charge in [0.15, 0.2) is 0 Å². The maximum atomic E-state index is 9.89. The van der Waals surface area contributed by atoms with Gasteiger partial charge in [-0.15, -0.1) is 0 Å². The van der Waals surface area contributed by atoms with Crippen molar-refractivity contribution in [2.45, 2.75) is 6.04 Å². The molecular weight excluding hydrogens is 452 g/mol. The molecule has 0 spiro atoms. The molecule has 2 aliphatic heterocycles. The minimum Gasteiger partial charge on any atom is -0.489 e. The van der Waals surface area contributed by atoms with E-state index in [1.807, 2.05) is 25.2 Å². The van der Waals surface area contributed by atoms with E-state index in [0.29, 0.717) is 18.2 Å². The average Bonchev–Trinajstić information content (AvgIpc) is 3.49. The van der Waals surface area contributed by atoms with Crippen LogP contribution in [0, 0.1) is 11.3 Å². The van der Waals surface area contributed by atoms with Crippen LogP contribution in [0.15, 0.2) is 48.8 Å². The Labute approximate surface area is 207 Å². The minimum absolute atomic E-state index is 0.380. The van der Waals surface area contributed by atoms with Crippen LogP contribution in [-0.4, -0.2) is 69.2 Å². The van der Waals surface area contributed by atoms with Crippen LogP contribution in [0.3, 0.4) is 0 Å². The fourth-order valence-electron chi connectivity index (χ4n) is 5.46. The van der Waals surface area contributed by atoms with Gasteiger partial charge in [0, 0.05) is 55.0 Å². The smallest absolute Gasteiger partial charge is 0.143 e. The van der Waals surface area contributed by atoms with Crippen LogP contribution >= 0.6 is 0 Å². The Bertz CT molecular complexity index is 1690. The van der Waals surface area contributed by atoms with Crippen LogP contribution < -0.4 is 9.64 Å². The Morgan fingerprint density at radius 1 is 1.08 bits per heavy atom. The van der Waals surface area contributed by atoms with E-state index in [-0.39, 0.29) is 0 Å². The highest BCUT2D eigenvalue weighted by atomic mass is 16.5.